The molecule has 0 aliphatic carbocycles. The van der Waals surface area contributed by atoms with E-state index in [-0.39, 0.29) is 0 Å². The fourth-order valence-electron chi connectivity index (χ4n) is 1.24. The highest BCUT2D eigenvalue weighted by Gasteiger charge is 2.49. The average Bonchev–Trinajstić information content (AvgIpc) is 2.11. The van der Waals surface area contributed by atoms with Crippen LogP contribution in [0.3, 0.4) is 0 Å². The van der Waals surface area contributed by atoms with Crippen LogP contribution in [-0.2, 0) is 22.7 Å². The zero-order valence-corrected chi connectivity index (χ0v) is 14.6. The lowest BCUT2D eigenvalue weighted by Gasteiger charge is -2.28. The molecule has 2 unspecified atom stereocenters. The highest BCUT2D eigenvalue weighted by molar-refractivity contribution is 7.75. The smallest absolute Gasteiger partial charge is 0.323 e. The predicted molar refractivity (Wildman–Crippen MR) is 75.7 cm³/mol. The van der Waals surface area contributed by atoms with Crippen molar-refractivity contribution in [1.82, 2.24) is 0 Å². The van der Waals surface area contributed by atoms with Gasteiger partial charge in [-0.2, -0.15) is 0 Å². The lowest BCUT2D eigenvalue weighted by molar-refractivity contribution is 0.140. The summed E-state index contributed by atoms with van der Waals surface area (Å²) in [5, 5.41) is 0. The Morgan fingerprint density at radius 2 is 1.16 bits per heavy atom. The van der Waals surface area contributed by atoms with E-state index in [1.807, 2.05) is 0 Å². The summed E-state index contributed by atoms with van der Waals surface area (Å²) < 4.78 is 39.8. The standard InChI is InChI=1S/C10H23ClO6P2/c1-7(2)15-18(12,13)10(11)19(14,16-8(3)4)17-9(5)6/h7-10H,1-6H3,(H,12,13). The summed E-state index contributed by atoms with van der Waals surface area (Å²) >= 11 is 5.86. The van der Waals surface area contributed by atoms with E-state index in [1.54, 1.807) is 41.5 Å². The Balaban J connectivity index is 5.26. The first-order valence-corrected chi connectivity index (χ1v) is 9.71. The number of alkyl halides is 1. The number of hydrogen-bond donors (Lipinski definition) is 1. The van der Waals surface area contributed by atoms with Gasteiger partial charge in [-0.3, -0.25) is 9.13 Å². The molecule has 0 aliphatic heterocycles. The second kappa shape index (κ2) is 7.56. The van der Waals surface area contributed by atoms with Gasteiger partial charge in [0.2, 0.25) is 4.86 Å². The average molecular weight is 337 g/mol. The molecule has 1 N–H and O–H groups in total. The van der Waals surface area contributed by atoms with Crippen LogP contribution in [0.1, 0.15) is 41.5 Å². The molecule has 0 heterocycles. The molecule has 0 rings (SSSR count). The molecule has 0 aromatic rings. The minimum atomic E-state index is -4.32. The van der Waals surface area contributed by atoms with Crippen LogP contribution in [0.25, 0.3) is 0 Å². The number of halogens is 1. The fourth-order valence-corrected chi connectivity index (χ4v) is 5.71. The third kappa shape index (κ3) is 6.72. The lowest BCUT2D eigenvalue weighted by Crippen LogP contribution is -2.17. The van der Waals surface area contributed by atoms with Crippen LogP contribution in [0, 0.1) is 0 Å². The van der Waals surface area contributed by atoms with Gasteiger partial charge < -0.3 is 18.5 Å². The van der Waals surface area contributed by atoms with Crippen LogP contribution < -0.4 is 0 Å². The predicted octanol–water partition coefficient (Wildman–Crippen LogP) is 4.16. The van der Waals surface area contributed by atoms with Gasteiger partial charge in [-0.25, -0.2) is 0 Å². The van der Waals surface area contributed by atoms with Gasteiger partial charge in [-0.05, 0) is 41.5 Å². The summed E-state index contributed by atoms with van der Waals surface area (Å²) in [6.45, 7) is 9.67. The van der Waals surface area contributed by atoms with Gasteiger partial charge >= 0.3 is 15.2 Å². The van der Waals surface area contributed by atoms with Crippen molar-refractivity contribution in [2.45, 2.75) is 64.7 Å². The van der Waals surface area contributed by atoms with Crippen molar-refractivity contribution >= 4 is 26.8 Å². The number of hydrogen-bond acceptors (Lipinski definition) is 5. The van der Waals surface area contributed by atoms with E-state index in [0.29, 0.717) is 0 Å². The third-order valence-corrected chi connectivity index (χ3v) is 8.00. The van der Waals surface area contributed by atoms with Gasteiger partial charge in [0.15, 0.2) is 0 Å². The fraction of sp³-hybridized carbons (Fsp3) is 1.00. The van der Waals surface area contributed by atoms with E-state index >= 15 is 0 Å². The van der Waals surface area contributed by atoms with Crippen LogP contribution in [-0.4, -0.2) is 28.1 Å². The first-order chi connectivity index (χ1) is 8.40. The van der Waals surface area contributed by atoms with Crippen molar-refractivity contribution in [3.05, 3.63) is 0 Å². The Hall–Kier alpha value is 0.590. The van der Waals surface area contributed by atoms with Crippen molar-refractivity contribution < 1.29 is 27.6 Å². The van der Waals surface area contributed by atoms with Crippen molar-refractivity contribution in [1.29, 1.82) is 0 Å². The molecular formula is C10H23ClO6P2. The van der Waals surface area contributed by atoms with Crippen LogP contribution >= 0.6 is 26.8 Å². The minimum Gasteiger partial charge on any atom is -0.323 e. The first kappa shape index (κ1) is 19.6. The monoisotopic (exact) mass is 336 g/mol. The molecule has 0 saturated carbocycles. The molecule has 0 aliphatic rings. The van der Waals surface area contributed by atoms with Crippen molar-refractivity contribution in [2.24, 2.45) is 0 Å². The van der Waals surface area contributed by atoms with E-state index in [2.05, 4.69) is 0 Å². The van der Waals surface area contributed by atoms with E-state index in [9.17, 15) is 14.0 Å². The zero-order valence-electron chi connectivity index (χ0n) is 12.1. The van der Waals surface area contributed by atoms with Crippen LogP contribution in [0.2, 0.25) is 0 Å². The Kier molecular flexibility index (Phi) is 7.79. The minimum absolute atomic E-state index is 0.468. The molecule has 0 amide bonds. The van der Waals surface area contributed by atoms with Crippen LogP contribution in [0.15, 0.2) is 0 Å². The largest absolute Gasteiger partial charge is 0.361 e. The van der Waals surface area contributed by atoms with Crippen LogP contribution in [0.4, 0.5) is 0 Å². The van der Waals surface area contributed by atoms with Gasteiger partial charge in [-0.15, -0.1) is 0 Å². The third-order valence-electron chi connectivity index (χ3n) is 1.61. The summed E-state index contributed by atoms with van der Waals surface area (Å²) in [6.07, 6.45) is -1.47. The second-order valence-electron chi connectivity index (χ2n) is 4.88. The highest BCUT2D eigenvalue weighted by atomic mass is 35.5. The molecule has 116 valence electrons. The summed E-state index contributed by atoms with van der Waals surface area (Å²) in [5.74, 6) is 0. The van der Waals surface area contributed by atoms with Crippen molar-refractivity contribution in [3.63, 3.8) is 0 Å². The Morgan fingerprint density at radius 3 is 1.42 bits per heavy atom. The van der Waals surface area contributed by atoms with Gasteiger partial charge in [-0.1, -0.05) is 11.6 Å². The maximum absolute atomic E-state index is 12.6. The number of rotatable bonds is 8. The quantitative estimate of drug-likeness (QED) is 0.529. The Morgan fingerprint density at radius 1 is 0.842 bits per heavy atom. The molecule has 6 nitrogen and oxygen atoms in total. The Bertz CT molecular complexity index is 357. The zero-order chi connectivity index (χ0) is 15.4. The molecule has 0 aromatic carbocycles. The molecule has 19 heavy (non-hydrogen) atoms. The second-order valence-corrected chi connectivity index (χ2v) is 10.2. The maximum Gasteiger partial charge on any atom is 0.361 e. The molecule has 0 aromatic heterocycles. The molecule has 0 bridgehead atoms. The lowest BCUT2D eigenvalue weighted by atomic mass is 10.5. The van der Waals surface area contributed by atoms with Crippen molar-refractivity contribution in [2.75, 3.05) is 0 Å². The molecule has 0 radical (unpaired) electrons. The van der Waals surface area contributed by atoms with Gasteiger partial charge in [0, 0.05) is 0 Å². The van der Waals surface area contributed by atoms with Crippen molar-refractivity contribution in [3.8, 4) is 0 Å². The van der Waals surface area contributed by atoms with E-state index in [0.717, 1.165) is 0 Å². The molecule has 0 fully saturated rings. The maximum atomic E-state index is 12.6. The SMILES string of the molecule is CC(C)OP(=O)(O)C(Cl)P(=O)(OC(C)C)OC(C)C. The molecule has 9 heteroatoms. The van der Waals surface area contributed by atoms with E-state index in [4.69, 9.17) is 25.2 Å². The van der Waals surface area contributed by atoms with Gasteiger partial charge in [0.1, 0.15) is 0 Å². The molecule has 0 spiro atoms. The van der Waals surface area contributed by atoms with Gasteiger partial charge in [0.25, 0.3) is 0 Å². The summed E-state index contributed by atoms with van der Waals surface area (Å²) in [7, 11) is -8.29. The molecule has 2 atom stereocenters. The Labute approximate surface area is 119 Å². The van der Waals surface area contributed by atoms with E-state index in [1.165, 1.54) is 0 Å². The molecular weight excluding hydrogens is 314 g/mol. The highest BCUT2D eigenvalue weighted by Crippen LogP contribution is 2.70. The van der Waals surface area contributed by atoms with Crippen LogP contribution in [0.5, 0.6) is 0 Å². The topological polar surface area (TPSA) is 82.1 Å². The summed E-state index contributed by atoms with van der Waals surface area (Å²) in [4.78, 5) is 8.03. The normalized spacial score (nSPS) is 18.1. The van der Waals surface area contributed by atoms with Gasteiger partial charge in [0.05, 0.1) is 18.3 Å². The summed E-state index contributed by atoms with van der Waals surface area (Å²) in [5.41, 5.74) is 0. The first-order valence-electron chi connectivity index (χ1n) is 6.02. The molecule has 0 saturated heterocycles. The van der Waals surface area contributed by atoms with E-state index < -0.39 is 38.4 Å². The summed E-state index contributed by atoms with van der Waals surface area (Å²) in [6, 6.07) is 0.